The monoisotopic (exact) mass is 367 g/mol. The van der Waals surface area contributed by atoms with Crippen molar-refractivity contribution in [3.05, 3.63) is 60.2 Å². The summed E-state index contributed by atoms with van der Waals surface area (Å²) in [7, 11) is 1.89. The molecule has 0 aliphatic rings. The summed E-state index contributed by atoms with van der Waals surface area (Å²) in [4.78, 5) is 16.8. The SMILES string of the molecule is C=CCn1c(C)cc(C(=O)CSc2nnc(-c3cccnc3)n2C)c1C. The second-order valence-corrected chi connectivity index (χ2v) is 6.95. The van der Waals surface area contributed by atoms with Crippen molar-refractivity contribution in [2.24, 2.45) is 7.05 Å². The summed E-state index contributed by atoms with van der Waals surface area (Å²) in [6.07, 6.45) is 5.30. The maximum Gasteiger partial charge on any atom is 0.191 e. The fourth-order valence-corrected chi connectivity index (χ4v) is 3.68. The number of ketones is 1. The molecule has 3 rings (SSSR count). The van der Waals surface area contributed by atoms with Gasteiger partial charge < -0.3 is 9.13 Å². The summed E-state index contributed by atoms with van der Waals surface area (Å²) in [5.74, 6) is 1.14. The van der Waals surface area contributed by atoms with Gasteiger partial charge in [-0.2, -0.15) is 0 Å². The van der Waals surface area contributed by atoms with E-state index in [1.54, 1.807) is 12.4 Å². The van der Waals surface area contributed by atoms with Gasteiger partial charge in [0.1, 0.15) is 0 Å². The fraction of sp³-hybridized carbons (Fsp3) is 0.263. The zero-order valence-electron chi connectivity index (χ0n) is 15.1. The molecule has 0 spiro atoms. The predicted molar refractivity (Wildman–Crippen MR) is 103 cm³/mol. The molecule has 0 unspecified atom stereocenters. The van der Waals surface area contributed by atoms with Crippen LogP contribution in [0.25, 0.3) is 11.4 Å². The third-order valence-electron chi connectivity index (χ3n) is 4.27. The largest absolute Gasteiger partial charge is 0.345 e. The van der Waals surface area contributed by atoms with Crippen molar-refractivity contribution < 1.29 is 4.79 Å². The first kappa shape index (κ1) is 18.1. The predicted octanol–water partition coefficient (Wildman–Crippen LogP) is 3.46. The summed E-state index contributed by atoms with van der Waals surface area (Å²) < 4.78 is 3.98. The molecular formula is C19H21N5OS. The molecule has 134 valence electrons. The fourth-order valence-electron chi connectivity index (χ4n) is 2.89. The molecule has 0 saturated carbocycles. The highest BCUT2D eigenvalue weighted by Crippen LogP contribution is 2.24. The van der Waals surface area contributed by atoms with Crippen LogP contribution >= 0.6 is 11.8 Å². The topological polar surface area (TPSA) is 65.6 Å². The second kappa shape index (κ2) is 7.70. The number of thioether (sulfide) groups is 1. The van der Waals surface area contributed by atoms with Crippen molar-refractivity contribution in [3.8, 4) is 11.4 Å². The van der Waals surface area contributed by atoms with Crippen molar-refractivity contribution in [1.29, 1.82) is 0 Å². The Kier molecular flexibility index (Phi) is 5.37. The molecule has 0 aliphatic heterocycles. The highest BCUT2D eigenvalue weighted by molar-refractivity contribution is 7.99. The smallest absolute Gasteiger partial charge is 0.191 e. The quantitative estimate of drug-likeness (QED) is 0.363. The Bertz CT molecular complexity index is 942. The van der Waals surface area contributed by atoms with Crippen LogP contribution in [-0.2, 0) is 13.6 Å². The lowest BCUT2D eigenvalue weighted by Crippen LogP contribution is -2.07. The van der Waals surface area contributed by atoms with Crippen LogP contribution in [0.4, 0.5) is 0 Å². The zero-order chi connectivity index (χ0) is 18.7. The summed E-state index contributed by atoms with van der Waals surface area (Å²) >= 11 is 1.39. The Morgan fingerprint density at radius 3 is 2.85 bits per heavy atom. The van der Waals surface area contributed by atoms with Gasteiger partial charge in [0.15, 0.2) is 16.8 Å². The van der Waals surface area contributed by atoms with Gasteiger partial charge in [0.2, 0.25) is 0 Å². The average Bonchev–Trinajstić information content (AvgIpc) is 3.15. The molecule has 0 N–H and O–H groups in total. The Hall–Kier alpha value is -2.67. The van der Waals surface area contributed by atoms with E-state index in [0.717, 1.165) is 28.3 Å². The zero-order valence-corrected chi connectivity index (χ0v) is 16.0. The van der Waals surface area contributed by atoms with E-state index >= 15 is 0 Å². The molecule has 0 fully saturated rings. The number of nitrogens with zero attached hydrogens (tertiary/aromatic N) is 5. The number of carbonyl (C=O) groups is 1. The van der Waals surface area contributed by atoms with Crippen LogP contribution in [0.5, 0.6) is 0 Å². The molecule has 0 saturated heterocycles. The van der Waals surface area contributed by atoms with Crippen LogP contribution in [0.3, 0.4) is 0 Å². The summed E-state index contributed by atoms with van der Waals surface area (Å²) in [6.45, 7) is 8.45. The standard InChI is InChI=1S/C19H21N5OS/c1-5-9-24-13(2)10-16(14(24)3)17(25)12-26-19-22-21-18(23(19)4)15-7-6-8-20-11-15/h5-8,10-11H,1,9,12H2,2-4H3. The number of hydrogen-bond donors (Lipinski definition) is 0. The number of hydrogen-bond acceptors (Lipinski definition) is 5. The summed E-state index contributed by atoms with van der Waals surface area (Å²) in [6, 6.07) is 5.74. The number of pyridine rings is 1. The van der Waals surface area contributed by atoms with E-state index in [4.69, 9.17) is 0 Å². The Morgan fingerprint density at radius 1 is 1.35 bits per heavy atom. The van der Waals surface area contributed by atoms with Crippen LogP contribution in [-0.4, -0.2) is 35.9 Å². The lowest BCUT2D eigenvalue weighted by Gasteiger charge is -2.06. The van der Waals surface area contributed by atoms with Crippen molar-refractivity contribution in [1.82, 2.24) is 24.3 Å². The molecule has 26 heavy (non-hydrogen) atoms. The molecule has 3 aromatic heterocycles. The number of rotatable bonds is 7. The number of aromatic nitrogens is 5. The number of aryl methyl sites for hydroxylation is 1. The van der Waals surface area contributed by atoms with E-state index in [-0.39, 0.29) is 5.78 Å². The first-order valence-corrected chi connectivity index (χ1v) is 9.25. The number of allylic oxidation sites excluding steroid dienone is 1. The Balaban J connectivity index is 1.74. The van der Waals surface area contributed by atoms with Crippen LogP contribution in [0.1, 0.15) is 21.7 Å². The van der Waals surface area contributed by atoms with E-state index in [1.807, 2.05) is 49.7 Å². The molecule has 7 heteroatoms. The van der Waals surface area contributed by atoms with Gasteiger partial charge in [-0.05, 0) is 32.0 Å². The molecule has 0 aromatic carbocycles. The van der Waals surface area contributed by atoms with Gasteiger partial charge in [-0.3, -0.25) is 9.78 Å². The maximum atomic E-state index is 12.7. The highest BCUT2D eigenvalue weighted by Gasteiger charge is 2.17. The maximum absolute atomic E-state index is 12.7. The van der Waals surface area contributed by atoms with Crippen LogP contribution in [0.15, 0.2) is 48.4 Å². The van der Waals surface area contributed by atoms with Gasteiger partial charge in [0.05, 0.1) is 5.75 Å². The summed E-state index contributed by atoms with van der Waals surface area (Å²) in [5, 5.41) is 9.14. The average molecular weight is 367 g/mol. The summed E-state index contributed by atoms with van der Waals surface area (Å²) in [5.41, 5.74) is 3.69. The van der Waals surface area contributed by atoms with Crippen LogP contribution < -0.4 is 0 Å². The molecular weight excluding hydrogens is 346 g/mol. The first-order chi connectivity index (χ1) is 12.5. The van der Waals surface area contributed by atoms with Crippen LogP contribution in [0, 0.1) is 13.8 Å². The highest BCUT2D eigenvalue weighted by atomic mass is 32.2. The van der Waals surface area contributed by atoms with E-state index in [0.29, 0.717) is 17.5 Å². The van der Waals surface area contributed by atoms with Gasteiger partial charge in [-0.25, -0.2) is 0 Å². The minimum Gasteiger partial charge on any atom is -0.345 e. The number of Topliss-reactive ketones (excluding diaryl/α,β-unsaturated/α-hetero) is 1. The number of carbonyl (C=O) groups excluding carboxylic acids is 1. The van der Waals surface area contributed by atoms with Gasteiger partial charge in [0, 0.05) is 48.5 Å². The van der Waals surface area contributed by atoms with Crippen molar-refractivity contribution in [2.45, 2.75) is 25.5 Å². The van der Waals surface area contributed by atoms with E-state index < -0.39 is 0 Å². The lowest BCUT2D eigenvalue weighted by molar-refractivity contribution is 0.102. The van der Waals surface area contributed by atoms with E-state index in [2.05, 4.69) is 26.3 Å². The molecule has 0 atom stereocenters. The first-order valence-electron chi connectivity index (χ1n) is 8.26. The molecule has 0 aliphatic carbocycles. The van der Waals surface area contributed by atoms with Crippen molar-refractivity contribution in [2.75, 3.05) is 5.75 Å². The third kappa shape index (κ3) is 3.48. The van der Waals surface area contributed by atoms with E-state index in [9.17, 15) is 4.79 Å². The van der Waals surface area contributed by atoms with E-state index in [1.165, 1.54) is 11.8 Å². The molecule has 0 amide bonds. The lowest BCUT2D eigenvalue weighted by atomic mass is 10.2. The molecule has 3 heterocycles. The molecule has 0 bridgehead atoms. The normalized spacial score (nSPS) is 10.9. The second-order valence-electron chi connectivity index (χ2n) is 6.00. The van der Waals surface area contributed by atoms with Gasteiger partial charge in [-0.1, -0.05) is 17.8 Å². The molecule has 0 radical (unpaired) electrons. The minimum atomic E-state index is 0.0874. The Labute approximate surface area is 157 Å². The van der Waals surface area contributed by atoms with Gasteiger partial charge >= 0.3 is 0 Å². The van der Waals surface area contributed by atoms with Crippen LogP contribution in [0.2, 0.25) is 0 Å². The molecule has 6 nitrogen and oxygen atoms in total. The van der Waals surface area contributed by atoms with Crippen molar-refractivity contribution in [3.63, 3.8) is 0 Å². The third-order valence-corrected chi connectivity index (χ3v) is 5.29. The minimum absolute atomic E-state index is 0.0874. The van der Waals surface area contributed by atoms with Gasteiger partial charge in [-0.15, -0.1) is 16.8 Å². The van der Waals surface area contributed by atoms with Crippen molar-refractivity contribution >= 4 is 17.5 Å². The molecule has 3 aromatic rings. The Morgan fingerprint density at radius 2 is 2.15 bits per heavy atom. The van der Waals surface area contributed by atoms with Gasteiger partial charge in [0.25, 0.3) is 0 Å².